The van der Waals surface area contributed by atoms with Gasteiger partial charge >= 0.3 is 6.18 Å². The number of hydrogen-bond donors (Lipinski definition) is 2. The van der Waals surface area contributed by atoms with Gasteiger partial charge < -0.3 is 10.6 Å². The summed E-state index contributed by atoms with van der Waals surface area (Å²) < 4.78 is 53.1. The molecule has 0 spiro atoms. The Bertz CT molecular complexity index is 1130. The van der Waals surface area contributed by atoms with E-state index in [1.165, 1.54) is 16.4 Å². The molecule has 0 radical (unpaired) electrons. The maximum absolute atomic E-state index is 13.9. The van der Waals surface area contributed by atoms with Crippen molar-refractivity contribution in [3.8, 4) is 0 Å². The summed E-state index contributed by atoms with van der Waals surface area (Å²) in [6.45, 7) is 2.01. The van der Waals surface area contributed by atoms with Gasteiger partial charge in [-0.15, -0.1) is 5.10 Å². The van der Waals surface area contributed by atoms with Gasteiger partial charge in [-0.1, -0.05) is 35.5 Å². The van der Waals surface area contributed by atoms with E-state index in [9.17, 15) is 27.2 Å². The molecule has 0 bridgehead atoms. The van der Waals surface area contributed by atoms with E-state index in [1.807, 2.05) is 37.3 Å². The first-order valence-corrected chi connectivity index (χ1v) is 10.5. The predicted octanol–water partition coefficient (Wildman–Crippen LogP) is 3.62. The SMILES string of the molecule is CC(CCc1ccccc1)NC(=O)c1cn(CCNC(=O)c2ccc(C(F)(F)F)cc2F)nn1. The van der Waals surface area contributed by atoms with E-state index in [4.69, 9.17) is 0 Å². The van der Waals surface area contributed by atoms with Crippen molar-refractivity contribution in [2.75, 3.05) is 6.54 Å². The number of aryl methyl sites for hydroxylation is 1. The van der Waals surface area contributed by atoms with Crippen LogP contribution in [0.3, 0.4) is 0 Å². The first-order valence-electron chi connectivity index (χ1n) is 10.5. The highest BCUT2D eigenvalue weighted by Crippen LogP contribution is 2.30. The highest BCUT2D eigenvalue weighted by Gasteiger charge is 2.31. The molecule has 0 saturated carbocycles. The minimum absolute atomic E-state index is 0.00278. The number of benzene rings is 2. The third kappa shape index (κ3) is 6.87. The van der Waals surface area contributed by atoms with Crippen LogP contribution < -0.4 is 10.6 Å². The van der Waals surface area contributed by atoms with Crippen LogP contribution in [0.5, 0.6) is 0 Å². The summed E-state index contributed by atoms with van der Waals surface area (Å²) in [7, 11) is 0. The highest BCUT2D eigenvalue weighted by atomic mass is 19.4. The van der Waals surface area contributed by atoms with Gasteiger partial charge in [-0.05, 0) is 43.5 Å². The summed E-state index contributed by atoms with van der Waals surface area (Å²) >= 11 is 0. The Balaban J connectivity index is 1.45. The van der Waals surface area contributed by atoms with Gasteiger partial charge in [-0.3, -0.25) is 9.59 Å². The molecule has 0 aliphatic heterocycles. The molecule has 2 N–H and O–H groups in total. The number of carbonyl (C=O) groups excluding carboxylic acids is 2. The molecule has 1 atom stereocenters. The van der Waals surface area contributed by atoms with Crippen LogP contribution in [0.25, 0.3) is 0 Å². The minimum atomic E-state index is -4.70. The molecule has 0 aliphatic carbocycles. The smallest absolute Gasteiger partial charge is 0.350 e. The molecule has 1 unspecified atom stereocenters. The lowest BCUT2D eigenvalue weighted by molar-refractivity contribution is -0.137. The van der Waals surface area contributed by atoms with E-state index in [-0.39, 0.29) is 36.8 Å². The number of nitrogens with zero attached hydrogens (tertiary/aromatic N) is 3. The molecule has 3 rings (SSSR count). The Morgan fingerprint density at radius 2 is 1.82 bits per heavy atom. The first kappa shape index (κ1) is 24.9. The van der Waals surface area contributed by atoms with Crippen LogP contribution in [0.1, 0.15) is 45.3 Å². The molecule has 3 aromatic rings. The second kappa shape index (κ2) is 10.9. The lowest BCUT2D eigenvalue weighted by Gasteiger charge is -2.12. The summed E-state index contributed by atoms with van der Waals surface area (Å²) in [5, 5.41) is 12.9. The number of carbonyl (C=O) groups is 2. The van der Waals surface area contributed by atoms with Gasteiger partial charge in [0.2, 0.25) is 0 Å². The number of rotatable bonds is 9. The molecular formula is C23H23F4N5O2. The topological polar surface area (TPSA) is 88.9 Å². The van der Waals surface area contributed by atoms with Crippen LogP contribution in [0.4, 0.5) is 17.6 Å². The summed E-state index contributed by atoms with van der Waals surface area (Å²) in [5.74, 6) is -2.52. The number of halogens is 4. The standard InChI is InChI=1S/C23H23F4N5O2/c1-15(7-8-16-5-3-2-4-6-16)29-22(34)20-14-32(31-30-20)12-11-28-21(33)18-10-9-17(13-19(18)24)23(25,26)27/h2-6,9-10,13-15H,7-8,11-12H2,1H3,(H,28,33)(H,29,34). The lowest BCUT2D eigenvalue weighted by atomic mass is 10.1. The van der Waals surface area contributed by atoms with Crippen molar-refractivity contribution in [2.45, 2.75) is 38.5 Å². The van der Waals surface area contributed by atoms with Crippen molar-refractivity contribution in [1.29, 1.82) is 0 Å². The third-order valence-electron chi connectivity index (χ3n) is 5.03. The molecule has 180 valence electrons. The monoisotopic (exact) mass is 477 g/mol. The fraction of sp³-hybridized carbons (Fsp3) is 0.304. The number of amides is 2. The number of aromatic nitrogens is 3. The van der Waals surface area contributed by atoms with Crippen molar-refractivity contribution in [1.82, 2.24) is 25.6 Å². The Morgan fingerprint density at radius 3 is 2.50 bits per heavy atom. The van der Waals surface area contributed by atoms with Crippen LogP contribution in [0, 0.1) is 5.82 Å². The average molecular weight is 477 g/mol. The van der Waals surface area contributed by atoms with E-state index in [1.54, 1.807) is 0 Å². The van der Waals surface area contributed by atoms with Gasteiger partial charge in [-0.25, -0.2) is 9.07 Å². The highest BCUT2D eigenvalue weighted by molar-refractivity contribution is 5.94. The Labute approximate surface area is 193 Å². The van der Waals surface area contributed by atoms with E-state index in [0.29, 0.717) is 6.07 Å². The van der Waals surface area contributed by atoms with Gasteiger partial charge in [0.25, 0.3) is 11.8 Å². The molecule has 34 heavy (non-hydrogen) atoms. The zero-order chi connectivity index (χ0) is 24.7. The average Bonchev–Trinajstić information content (AvgIpc) is 3.27. The lowest BCUT2D eigenvalue weighted by Crippen LogP contribution is -2.33. The van der Waals surface area contributed by atoms with Crippen molar-refractivity contribution >= 4 is 11.8 Å². The van der Waals surface area contributed by atoms with Crippen molar-refractivity contribution in [3.05, 3.63) is 82.9 Å². The minimum Gasteiger partial charge on any atom is -0.350 e. The van der Waals surface area contributed by atoms with Gasteiger partial charge in [-0.2, -0.15) is 13.2 Å². The molecular weight excluding hydrogens is 454 g/mol. The van der Waals surface area contributed by atoms with Crippen LogP contribution in [0.15, 0.2) is 54.7 Å². The van der Waals surface area contributed by atoms with Crippen molar-refractivity contribution < 1.29 is 27.2 Å². The van der Waals surface area contributed by atoms with Gasteiger partial charge in [0.1, 0.15) is 5.82 Å². The van der Waals surface area contributed by atoms with Gasteiger partial charge in [0.05, 0.1) is 23.9 Å². The zero-order valence-corrected chi connectivity index (χ0v) is 18.3. The molecule has 0 saturated heterocycles. The van der Waals surface area contributed by atoms with Gasteiger partial charge in [0.15, 0.2) is 5.69 Å². The van der Waals surface area contributed by atoms with E-state index < -0.39 is 29.0 Å². The predicted molar refractivity (Wildman–Crippen MR) is 115 cm³/mol. The van der Waals surface area contributed by atoms with E-state index in [0.717, 1.165) is 18.9 Å². The van der Waals surface area contributed by atoms with E-state index >= 15 is 0 Å². The van der Waals surface area contributed by atoms with Crippen molar-refractivity contribution in [2.24, 2.45) is 0 Å². The fourth-order valence-electron chi connectivity index (χ4n) is 3.16. The van der Waals surface area contributed by atoms with Crippen LogP contribution in [0.2, 0.25) is 0 Å². The third-order valence-corrected chi connectivity index (χ3v) is 5.03. The molecule has 1 aromatic heterocycles. The number of alkyl halides is 3. The number of hydrogen-bond acceptors (Lipinski definition) is 4. The summed E-state index contributed by atoms with van der Waals surface area (Å²) in [6, 6.07) is 11.5. The molecule has 0 fully saturated rings. The Morgan fingerprint density at radius 1 is 1.09 bits per heavy atom. The quantitative estimate of drug-likeness (QED) is 0.461. The number of nitrogens with one attached hydrogen (secondary N) is 2. The van der Waals surface area contributed by atoms with E-state index in [2.05, 4.69) is 20.9 Å². The summed E-state index contributed by atoms with van der Waals surface area (Å²) in [6.07, 6.45) is -1.73. The molecule has 7 nitrogen and oxygen atoms in total. The normalized spacial score (nSPS) is 12.3. The molecule has 2 amide bonds. The van der Waals surface area contributed by atoms with Gasteiger partial charge in [0, 0.05) is 12.6 Å². The van der Waals surface area contributed by atoms with Crippen molar-refractivity contribution in [3.63, 3.8) is 0 Å². The van der Waals surface area contributed by atoms with Crippen LogP contribution >= 0.6 is 0 Å². The summed E-state index contributed by atoms with van der Waals surface area (Å²) in [4.78, 5) is 24.4. The Kier molecular flexibility index (Phi) is 7.98. The molecule has 11 heteroatoms. The van der Waals surface area contributed by atoms with Crippen LogP contribution in [-0.4, -0.2) is 39.4 Å². The zero-order valence-electron chi connectivity index (χ0n) is 18.3. The maximum atomic E-state index is 13.9. The Hall–Kier alpha value is -3.76. The fourth-order valence-corrected chi connectivity index (χ4v) is 3.16. The second-order valence-corrected chi connectivity index (χ2v) is 7.71. The molecule has 1 heterocycles. The van der Waals surface area contributed by atoms with Crippen LogP contribution in [-0.2, 0) is 19.1 Å². The second-order valence-electron chi connectivity index (χ2n) is 7.71. The summed E-state index contributed by atoms with van der Waals surface area (Å²) in [5.41, 5.74) is -0.403. The largest absolute Gasteiger partial charge is 0.416 e. The first-order chi connectivity index (χ1) is 16.1. The molecule has 2 aromatic carbocycles. The maximum Gasteiger partial charge on any atom is 0.416 e. The molecule has 0 aliphatic rings.